The van der Waals surface area contributed by atoms with Gasteiger partial charge in [-0.1, -0.05) is 71.8 Å². The summed E-state index contributed by atoms with van der Waals surface area (Å²) in [6.07, 6.45) is 3.89. The van der Waals surface area contributed by atoms with Gasteiger partial charge in [-0.15, -0.1) is 0 Å². The Morgan fingerprint density at radius 2 is 0.889 bits per heavy atom. The minimum atomic E-state index is -0.388. The second-order valence-corrected chi connectivity index (χ2v) is 8.89. The number of esters is 2. The summed E-state index contributed by atoms with van der Waals surface area (Å²) < 4.78 is 11.1. The Morgan fingerprint density at radius 1 is 0.528 bits per heavy atom. The van der Waals surface area contributed by atoms with Gasteiger partial charge in [0.15, 0.2) is 0 Å². The average molecular weight is 477 g/mol. The third-order valence-electron chi connectivity index (χ3n) is 5.83. The molecule has 0 fully saturated rings. The van der Waals surface area contributed by atoms with Gasteiger partial charge in [0.1, 0.15) is 11.5 Å². The first-order chi connectivity index (χ1) is 17.3. The van der Waals surface area contributed by atoms with Crippen LogP contribution in [0.3, 0.4) is 0 Å². The van der Waals surface area contributed by atoms with Crippen molar-refractivity contribution in [1.29, 1.82) is 0 Å². The molecular weight excluding hydrogens is 448 g/mol. The molecule has 0 saturated carbocycles. The molecule has 36 heavy (non-hydrogen) atoms. The van der Waals surface area contributed by atoms with Gasteiger partial charge in [-0.3, -0.25) is 0 Å². The molecule has 0 aliphatic carbocycles. The maximum absolute atomic E-state index is 12.5. The Kier molecular flexibility index (Phi) is 7.45. The van der Waals surface area contributed by atoms with E-state index in [4.69, 9.17) is 9.47 Å². The highest BCUT2D eigenvalue weighted by Gasteiger charge is 2.11. The molecule has 180 valence electrons. The van der Waals surface area contributed by atoms with E-state index < -0.39 is 0 Å². The third kappa shape index (κ3) is 6.16. The SMILES string of the molecule is Cc1ccc(OC(=O)c2ccc(/C=C/c3ccc(C(=O)Oc4ccc(C)cc4C)cc3)cc2)c(C)c1. The van der Waals surface area contributed by atoms with Crippen molar-refractivity contribution in [1.82, 2.24) is 0 Å². The fraction of sp³-hybridized carbons (Fsp3) is 0.125. The second kappa shape index (κ2) is 10.9. The number of carbonyl (C=O) groups excluding carboxylic acids is 2. The van der Waals surface area contributed by atoms with Gasteiger partial charge < -0.3 is 9.47 Å². The molecule has 0 spiro atoms. The molecule has 0 unspecified atom stereocenters. The number of aryl methyl sites for hydroxylation is 4. The first-order valence-corrected chi connectivity index (χ1v) is 11.8. The molecule has 0 heterocycles. The van der Waals surface area contributed by atoms with E-state index in [1.165, 1.54) is 0 Å². The third-order valence-corrected chi connectivity index (χ3v) is 5.83. The molecule has 0 aliphatic rings. The summed E-state index contributed by atoms with van der Waals surface area (Å²) in [4.78, 5) is 25.0. The van der Waals surface area contributed by atoms with Crippen molar-refractivity contribution in [3.8, 4) is 11.5 Å². The van der Waals surface area contributed by atoms with Crippen LogP contribution in [-0.2, 0) is 0 Å². The molecule has 0 radical (unpaired) electrons. The van der Waals surface area contributed by atoms with Crippen LogP contribution in [0.4, 0.5) is 0 Å². The smallest absolute Gasteiger partial charge is 0.343 e. The van der Waals surface area contributed by atoms with Crippen LogP contribution < -0.4 is 9.47 Å². The van der Waals surface area contributed by atoms with E-state index in [0.717, 1.165) is 33.4 Å². The highest BCUT2D eigenvalue weighted by molar-refractivity contribution is 5.92. The van der Waals surface area contributed by atoms with E-state index in [9.17, 15) is 9.59 Å². The zero-order chi connectivity index (χ0) is 25.7. The van der Waals surface area contributed by atoms with Crippen LogP contribution in [0.2, 0.25) is 0 Å². The van der Waals surface area contributed by atoms with E-state index in [2.05, 4.69) is 0 Å². The van der Waals surface area contributed by atoms with Gasteiger partial charge in [0.05, 0.1) is 11.1 Å². The maximum atomic E-state index is 12.5. The first-order valence-electron chi connectivity index (χ1n) is 11.8. The van der Waals surface area contributed by atoms with E-state index in [0.29, 0.717) is 22.6 Å². The number of hydrogen-bond donors (Lipinski definition) is 0. The van der Waals surface area contributed by atoms with Gasteiger partial charge in [-0.05, 0) is 86.3 Å². The lowest BCUT2D eigenvalue weighted by molar-refractivity contribution is 0.0724. The molecule has 0 atom stereocenters. The van der Waals surface area contributed by atoms with Crippen molar-refractivity contribution in [2.24, 2.45) is 0 Å². The minimum absolute atomic E-state index is 0.388. The molecule has 0 aliphatic heterocycles. The first kappa shape index (κ1) is 24.7. The van der Waals surface area contributed by atoms with Crippen LogP contribution in [0, 0.1) is 27.7 Å². The van der Waals surface area contributed by atoms with Gasteiger partial charge >= 0.3 is 11.9 Å². The lowest BCUT2D eigenvalue weighted by atomic mass is 10.1. The normalized spacial score (nSPS) is 10.9. The standard InChI is InChI=1S/C32H28O4/c1-21-5-17-29(23(3)19-21)35-31(33)27-13-9-25(10-14-27)7-8-26-11-15-28(16-12-26)32(34)36-30-18-6-22(2)20-24(30)4/h5-20H,1-4H3/b8-7+. The summed E-state index contributed by atoms with van der Waals surface area (Å²) in [5, 5.41) is 0. The highest BCUT2D eigenvalue weighted by Crippen LogP contribution is 2.22. The molecule has 0 amide bonds. The number of ether oxygens (including phenoxy) is 2. The molecule has 0 N–H and O–H groups in total. The van der Waals surface area contributed by atoms with Crippen LogP contribution in [0.1, 0.15) is 54.1 Å². The van der Waals surface area contributed by atoms with Crippen molar-refractivity contribution < 1.29 is 19.1 Å². The zero-order valence-electron chi connectivity index (χ0n) is 20.9. The lowest BCUT2D eigenvalue weighted by Gasteiger charge is -2.08. The van der Waals surface area contributed by atoms with Crippen LogP contribution in [-0.4, -0.2) is 11.9 Å². The van der Waals surface area contributed by atoms with Crippen molar-refractivity contribution in [3.05, 3.63) is 129 Å². The molecular formula is C32H28O4. The fourth-order valence-electron chi connectivity index (χ4n) is 3.80. The highest BCUT2D eigenvalue weighted by atomic mass is 16.5. The summed E-state index contributed by atoms with van der Waals surface area (Å²) in [7, 11) is 0. The van der Waals surface area contributed by atoms with Crippen molar-refractivity contribution in [3.63, 3.8) is 0 Å². The summed E-state index contributed by atoms with van der Waals surface area (Å²) in [6.45, 7) is 7.84. The molecule has 0 aromatic heterocycles. The van der Waals surface area contributed by atoms with Crippen LogP contribution in [0.25, 0.3) is 12.2 Å². The Balaban J connectivity index is 1.36. The summed E-state index contributed by atoms with van der Waals surface area (Å²) >= 11 is 0. The molecule has 4 heteroatoms. The Bertz CT molecular complexity index is 1320. The lowest BCUT2D eigenvalue weighted by Crippen LogP contribution is -2.09. The van der Waals surface area contributed by atoms with Crippen LogP contribution in [0.15, 0.2) is 84.9 Å². The Morgan fingerprint density at radius 3 is 1.22 bits per heavy atom. The van der Waals surface area contributed by atoms with Crippen LogP contribution >= 0.6 is 0 Å². The van der Waals surface area contributed by atoms with E-state index in [1.807, 2.05) is 101 Å². The predicted octanol–water partition coefficient (Wildman–Crippen LogP) is 7.53. The molecule has 0 bridgehead atoms. The van der Waals surface area contributed by atoms with E-state index >= 15 is 0 Å². The van der Waals surface area contributed by atoms with Crippen molar-refractivity contribution >= 4 is 24.1 Å². The summed E-state index contributed by atoms with van der Waals surface area (Å²) in [5.74, 6) is 0.355. The quantitative estimate of drug-likeness (QED) is 0.164. The molecule has 4 nitrogen and oxygen atoms in total. The van der Waals surface area contributed by atoms with Gasteiger partial charge in [-0.25, -0.2) is 9.59 Å². The summed E-state index contributed by atoms with van der Waals surface area (Å²) in [6, 6.07) is 25.9. The molecule has 0 saturated heterocycles. The number of carbonyl (C=O) groups is 2. The summed E-state index contributed by atoms with van der Waals surface area (Å²) in [5.41, 5.74) is 6.94. The van der Waals surface area contributed by atoms with Gasteiger partial charge in [0.2, 0.25) is 0 Å². The minimum Gasteiger partial charge on any atom is -0.423 e. The largest absolute Gasteiger partial charge is 0.423 e. The predicted molar refractivity (Wildman–Crippen MR) is 144 cm³/mol. The van der Waals surface area contributed by atoms with E-state index in [1.54, 1.807) is 24.3 Å². The molecule has 4 aromatic rings. The molecule has 4 aromatic carbocycles. The number of rotatable bonds is 6. The average Bonchev–Trinajstić information content (AvgIpc) is 2.86. The van der Waals surface area contributed by atoms with Gasteiger partial charge in [-0.2, -0.15) is 0 Å². The second-order valence-electron chi connectivity index (χ2n) is 8.89. The van der Waals surface area contributed by atoms with Crippen molar-refractivity contribution in [2.75, 3.05) is 0 Å². The van der Waals surface area contributed by atoms with E-state index in [-0.39, 0.29) is 11.9 Å². The van der Waals surface area contributed by atoms with Crippen molar-refractivity contribution in [2.45, 2.75) is 27.7 Å². The van der Waals surface area contributed by atoms with Gasteiger partial charge in [0, 0.05) is 0 Å². The number of benzene rings is 4. The maximum Gasteiger partial charge on any atom is 0.343 e. The van der Waals surface area contributed by atoms with Crippen LogP contribution in [0.5, 0.6) is 11.5 Å². The Hall–Kier alpha value is -4.44. The molecule has 4 rings (SSSR count). The number of hydrogen-bond acceptors (Lipinski definition) is 4. The fourth-order valence-corrected chi connectivity index (χ4v) is 3.80. The van der Waals surface area contributed by atoms with Gasteiger partial charge in [0.25, 0.3) is 0 Å². The zero-order valence-corrected chi connectivity index (χ0v) is 20.9. The Labute approximate surface area is 211 Å². The topological polar surface area (TPSA) is 52.6 Å². The monoisotopic (exact) mass is 476 g/mol.